The van der Waals surface area contributed by atoms with Crippen molar-refractivity contribution in [2.45, 2.75) is 71.5 Å². The number of hydrogen-bond acceptors (Lipinski definition) is 6. The van der Waals surface area contributed by atoms with Crippen LogP contribution >= 0.6 is 0 Å². The first-order chi connectivity index (χ1) is 17.9. The Morgan fingerprint density at radius 3 is 2.68 bits per heavy atom. The maximum Gasteiger partial charge on any atom is 0.227 e. The Labute approximate surface area is 220 Å². The molecule has 0 radical (unpaired) electrons. The van der Waals surface area contributed by atoms with E-state index in [1.54, 1.807) is 0 Å². The zero-order valence-electron chi connectivity index (χ0n) is 22.4. The molecule has 1 aromatic carbocycles. The predicted molar refractivity (Wildman–Crippen MR) is 144 cm³/mol. The van der Waals surface area contributed by atoms with Crippen LogP contribution in [0.3, 0.4) is 0 Å². The van der Waals surface area contributed by atoms with E-state index in [2.05, 4.69) is 36.4 Å². The van der Waals surface area contributed by atoms with Crippen LogP contribution in [0.2, 0.25) is 0 Å². The minimum atomic E-state index is -0.291. The minimum absolute atomic E-state index is 0.0776. The molecule has 1 aliphatic carbocycles. The third-order valence-electron chi connectivity index (χ3n) is 7.24. The van der Waals surface area contributed by atoms with E-state index in [0.29, 0.717) is 44.5 Å². The monoisotopic (exact) mass is 510 g/mol. The van der Waals surface area contributed by atoms with E-state index in [-0.39, 0.29) is 42.3 Å². The molecule has 2 heterocycles. The molecule has 1 saturated carbocycles. The lowest BCUT2D eigenvalue weighted by atomic mass is 9.88. The number of nitrogens with one attached hydrogen (secondary N) is 2. The lowest BCUT2D eigenvalue weighted by molar-refractivity contribution is -0.139. The smallest absolute Gasteiger partial charge is 0.227 e. The number of rotatable bonds is 12. The first kappa shape index (κ1) is 27.3. The van der Waals surface area contributed by atoms with E-state index in [1.807, 2.05) is 35.2 Å². The number of piperidine rings is 1. The van der Waals surface area contributed by atoms with Crippen LogP contribution in [0.15, 0.2) is 30.3 Å². The van der Waals surface area contributed by atoms with E-state index >= 15 is 0 Å². The Bertz CT molecular complexity index is 1070. The van der Waals surface area contributed by atoms with Crippen molar-refractivity contribution in [1.82, 2.24) is 20.5 Å². The molecule has 2 aromatic rings. The molecular formula is C29H42N4O4. The van der Waals surface area contributed by atoms with Crippen molar-refractivity contribution < 1.29 is 19.4 Å². The Balaban J connectivity index is 1.48. The van der Waals surface area contributed by atoms with Gasteiger partial charge in [0.05, 0.1) is 36.6 Å². The SMILES string of the molecule is CCCOc1cc(CN(C(=O)[C@H]2CNC[C@@H](C(=O)NC(CO)CC(C)C)C2)C2CC2)c2ccccc2n1. The van der Waals surface area contributed by atoms with Crippen LogP contribution in [-0.2, 0) is 16.1 Å². The number of ether oxygens (including phenoxy) is 1. The zero-order valence-corrected chi connectivity index (χ0v) is 22.4. The van der Waals surface area contributed by atoms with Gasteiger partial charge in [0.15, 0.2) is 0 Å². The molecule has 3 N–H and O–H groups in total. The number of benzene rings is 1. The van der Waals surface area contributed by atoms with E-state index in [1.165, 1.54) is 0 Å². The van der Waals surface area contributed by atoms with Crippen LogP contribution in [0.1, 0.15) is 58.4 Å². The van der Waals surface area contributed by atoms with E-state index < -0.39 is 0 Å². The molecule has 1 aliphatic heterocycles. The van der Waals surface area contributed by atoms with Crippen LogP contribution in [-0.4, -0.2) is 65.2 Å². The lowest BCUT2D eigenvalue weighted by Crippen LogP contribution is -2.51. The van der Waals surface area contributed by atoms with Crippen LogP contribution in [0, 0.1) is 17.8 Å². The van der Waals surface area contributed by atoms with E-state index in [0.717, 1.165) is 42.1 Å². The average molecular weight is 511 g/mol. The number of aromatic nitrogens is 1. The Kier molecular flexibility index (Phi) is 9.38. The molecule has 8 nitrogen and oxygen atoms in total. The summed E-state index contributed by atoms with van der Waals surface area (Å²) in [5.41, 5.74) is 1.90. The standard InChI is InChI=1S/C29H42N4O4/c1-4-11-37-27-14-22(25-7-5-6-8-26(25)32-27)17-33(24-9-10-24)29(36)21-13-20(15-30-16-21)28(35)31-23(18-34)12-19(2)3/h5-8,14,19-21,23-24,30,34H,4,9-13,15-18H2,1-3H3,(H,31,35)/t20-,21+,23?/m0/s1. The summed E-state index contributed by atoms with van der Waals surface area (Å²) in [6.07, 6.45) is 4.15. The normalized spacial score (nSPS) is 20.6. The molecule has 2 aliphatic rings. The molecule has 202 valence electrons. The van der Waals surface area contributed by atoms with Gasteiger partial charge in [0.1, 0.15) is 0 Å². The predicted octanol–water partition coefficient (Wildman–Crippen LogP) is 3.26. The number of carbonyl (C=O) groups is 2. The van der Waals surface area contributed by atoms with Gasteiger partial charge in [-0.1, -0.05) is 39.0 Å². The number of carbonyl (C=O) groups excluding carboxylic acids is 2. The Morgan fingerprint density at radius 1 is 1.22 bits per heavy atom. The molecular weight excluding hydrogens is 468 g/mol. The molecule has 1 unspecified atom stereocenters. The van der Waals surface area contributed by atoms with Gasteiger partial charge >= 0.3 is 0 Å². The number of fused-ring (bicyclic) bond motifs is 1. The fraction of sp³-hybridized carbons (Fsp3) is 0.621. The summed E-state index contributed by atoms with van der Waals surface area (Å²) in [6.45, 7) is 8.35. The second kappa shape index (κ2) is 12.7. The van der Waals surface area contributed by atoms with E-state index in [9.17, 15) is 14.7 Å². The number of hydrogen-bond donors (Lipinski definition) is 3. The largest absolute Gasteiger partial charge is 0.478 e. The highest BCUT2D eigenvalue weighted by molar-refractivity contribution is 5.85. The number of pyridine rings is 1. The maximum atomic E-state index is 13.8. The highest BCUT2D eigenvalue weighted by Crippen LogP contribution is 2.33. The Hall–Kier alpha value is -2.71. The summed E-state index contributed by atoms with van der Waals surface area (Å²) in [5.74, 6) is 0.438. The maximum absolute atomic E-state index is 13.8. The van der Waals surface area contributed by atoms with Crippen molar-refractivity contribution in [1.29, 1.82) is 0 Å². The van der Waals surface area contributed by atoms with Gasteiger partial charge in [-0.15, -0.1) is 0 Å². The van der Waals surface area contributed by atoms with Crippen LogP contribution in [0.5, 0.6) is 5.88 Å². The van der Waals surface area contributed by atoms with Gasteiger partial charge in [-0.05, 0) is 49.7 Å². The third kappa shape index (κ3) is 7.20. The van der Waals surface area contributed by atoms with Crippen molar-refractivity contribution in [2.75, 3.05) is 26.3 Å². The van der Waals surface area contributed by atoms with Gasteiger partial charge in [0.2, 0.25) is 17.7 Å². The van der Waals surface area contributed by atoms with Gasteiger partial charge in [-0.2, -0.15) is 0 Å². The molecule has 4 rings (SSSR count). The van der Waals surface area contributed by atoms with Gasteiger partial charge in [-0.3, -0.25) is 9.59 Å². The third-order valence-corrected chi connectivity index (χ3v) is 7.24. The quantitative estimate of drug-likeness (QED) is 0.405. The second-order valence-electron chi connectivity index (χ2n) is 11.0. The molecule has 8 heteroatoms. The van der Waals surface area contributed by atoms with Crippen molar-refractivity contribution >= 4 is 22.7 Å². The molecule has 1 aromatic heterocycles. The van der Waals surface area contributed by atoms with Gasteiger partial charge < -0.3 is 25.4 Å². The summed E-state index contributed by atoms with van der Waals surface area (Å²) in [4.78, 5) is 33.5. The Morgan fingerprint density at radius 2 is 1.97 bits per heavy atom. The highest BCUT2D eigenvalue weighted by atomic mass is 16.5. The number of amides is 2. The van der Waals surface area contributed by atoms with Crippen molar-refractivity contribution in [2.24, 2.45) is 17.8 Å². The number of aliphatic hydroxyl groups excluding tert-OH is 1. The number of para-hydroxylation sites is 1. The molecule has 3 atom stereocenters. The lowest BCUT2D eigenvalue weighted by Gasteiger charge is -2.34. The summed E-state index contributed by atoms with van der Waals surface area (Å²) in [6, 6.07) is 9.95. The van der Waals surface area contributed by atoms with Crippen molar-refractivity contribution in [3.05, 3.63) is 35.9 Å². The molecule has 37 heavy (non-hydrogen) atoms. The average Bonchev–Trinajstić information content (AvgIpc) is 3.74. The van der Waals surface area contributed by atoms with E-state index in [4.69, 9.17) is 4.74 Å². The number of nitrogens with zero attached hydrogens (tertiary/aromatic N) is 2. The second-order valence-corrected chi connectivity index (χ2v) is 11.0. The minimum Gasteiger partial charge on any atom is -0.478 e. The van der Waals surface area contributed by atoms with Crippen LogP contribution < -0.4 is 15.4 Å². The highest BCUT2D eigenvalue weighted by Gasteiger charge is 2.39. The van der Waals surface area contributed by atoms with Gasteiger partial charge in [-0.25, -0.2) is 4.98 Å². The first-order valence-electron chi connectivity index (χ1n) is 13.8. The fourth-order valence-electron chi connectivity index (χ4n) is 5.22. The zero-order chi connectivity index (χ0) is 26.4. The molecule has 2 fully saturated rings. The summed E-state index contributed by atoms with van der Waals surface area (Å²) < 4.78 is 5.86. The molecule has 0 spiro atoms. The topological polar surface area (TPSA) is 104 Å². The molecule has 0 bridgehead atoms. The fourth-order valence-corrected chi connectivity index (χ4v) is 5.22. The van der Waals surface area contributed by atoms with Crippen molar-refractivity contribution in [3.63, 3.8) is 0 Å². The van der Waals surface area contributed by atoms with Gasteiger partial charge in [0.25, 0.3) is 0 Å². The molecule has 2 amide bonds. The van der Waals surface area contributed by atoms with Crippen molar-refractivity contribution in [3.8, 4) is 5.88 Å². The van der Waals surface area contributed by atoms with Crippen LogP contribution in [0.25, 0.3) is 10.9 Å². The van der Waals surface area contributed by atoms with Crippen LogP contribution in [0.4, 0.5) is 0 Å². The summed E-state index contributed by atoms with van der Waals surface area (Å²) in [7, 11) is 0. The summed E-state index contributed by atoms with van der Waals surface area (Å²) in [5, 5.41) is 17.0. The first-order valence-corrected chi connectivity index (χ1v) is 13.8. The van der Waals surface area contributed by atoms with Gasteiger partial charge in [0, 0.05) is 37.1 Å². The summed E-state index contributed by atoms with van der Waals surface area (Å²) >= 11 is 0. The number of aliphatic hydroxyl groups is 1. The molecule has 1 saturated heterocycles.